The number of amidine groups is 1. The number of anilines is 1. The van der Waals surface area contributed by atoms with Crippen LogP contribution in [0.4, 0.5) is 5.82 Å². The van der Waals surface area contributed by atoms with Gasteiger partial charge in [0.2, 0.25) is 0 Å². The topological polar surface area (TPSA) is 272 Å². The number of aromatic nitrogens is 4. The molecule has 0 aliphatic carbocycles. The highest BCUT2D eigenvalue weighted by atomic mass is 32.7. The average Bonchev–Trinajstić information content (AvgIpc) is 3.73. The number of ether oxygens (including phenoxy) is 2. The van der Waals surface area contributed by atoms with Crippen molar-refractivity contribution in [3.63, 3.8) is 0 Å². The molecule has 0 radical (unpaired) electrons. The number of hydrogen-bond acceptors (Lipinski definition) is 17. The molecule has 12 atom stereocenters. The lowest BCUT2D eigenvalue weighted by atomic mass is 10.1. The van der Waals surface area contributed by atoms with Crippen LogP contribution in [0.15, 0.2) is 27.6 Å². The molecule has 24 heteroatoms. The normalized spacial score (nSPS) is 44.1. The number of rotatable bonds is 2. The number of aliphatic hydroxyl groups excluding tert-OH is 2. The summed E-state index contributed by atoms with van der Waals surface area (Å²) in [6.45, 7) is -8.74. The van der Waals surface area contributed by atoms with E-state index >= 15 is 0 Å². The van der Waals surface area contributed by atoms with Crippen LogP contribution in [0.25, 0.3) is 11.2 Å². The Hall–Kier alpha value is -2.20. The van der Waals surface area contributed by atoms with Crippen LogP contribution in [0.5, 0.6) is 0 Å². The molecule has 0 aromatic carbocycles. The minimum absolute atomic E-state index is 0.128. The van der Waals surface area contributed by atoms with Gasteiger partial charge in [-0.3, -0.25) is 18.7 Å². The molecule has 5 aliphatic rings. The fraction of sp³-hybridized carbons (Fsp3) is 0.600. The molecule has 44 heavy (non-hydrogen) atoms. The van der Waals surface area contributed by atoms with Crippen LogP contribution in [0, 0.1) is 0 Å². The average molecular weight is 691 g/mol. The fourth-order valence-electron chi connectivity index (χ4n) is 5.73. The smallest absolute Gasteiger partial charge is 0.324 e. The maximum Gasteiger partial charge on any atom is 0.324 e. The number of nitrogens with one attached hydrogen (secondary N) is 2. The number of fused-ring (bicyclic) bond motifs is 4. The molecule has 0 bridgehead atoms. The van der Waals surface area contributed by atoms with Crippen LogP contribution < -0.4 is 21.6 Å². The molecule has 5 aliphatic heterocycles. The van der Waals surface area contributed by atoms with E-state index in [-0.39, 0.29) is 22.8 Å². The lowest BCUT2D eigenvalue weighted by Gasteiger charge is -2.32. The Morgan fingerprint density at radius 1 is 0.932 bits per heavy atom. The van der Waals surface area contributed by atoms with Crippen LogP contribution >= 0.6 is 37.9 Å². The molecule has 3 fully saturated rings. The monoisotopic (exact) mass is 690 g/mol. The summed E-state index contributed by atoms with van der Waals surface area (Å²) in [4.78, 5) is 26.4. The van der Waals surface area contributed by atoms with Crippen LogP contribution in [0.2, 0.25) is 0 Å². The van der Waals surface area contributed by atoms with Gasteiger partial charge in [0.1, 0.15) is 54.5 Å². The van der Waals surface area contributed by atoms with Gasteiger partial charge >= 0.3 is 13.4 Å². The third-order valence-electron chi connectivity index (χ3n) is 7.83. The Balaban J connectivity index is 1.13. The van der Waals surface area contributed by atoms with Crippen molar-refractivity contribution in [2.45, 2.75) is 61.2 Å². The predicted octanol–water partition coefficient (Wildman–Crippen LogP) is -1.77. The molecule has 20 nitrogen and oxygen atoms in total. The Bertz CT molecular complexity index is 1650. The van der Waals surface area contributed by atoms with E-state index in [0.717, 1.165) is 0 Å². The number of nitrogens with two attached hydrogens (primary N) is 2. The van der Waals surface area contributed by atoms with Crippen LogP contribution in [0.1, 0.15) is 6.23 Å². The van der Waals surface area contributed by atoms with Crippen molar-refractivity contribution >= 4 is 73.4 Å². The van der Waals surface area contributed by atoms with Crippen molar-refractivity contribution in [2.75, 3.05) is 18.9 Å². The maximum absolute atomic E-state index is 13.6. The number of nitrogen functional groups attached to an aromatic ring is 1. The number of imidazole rings is 1. The minimum Gasteiger partial charge on any atom is -0.387 e. The van der Waals surface area contributed by atoms with E-state index in [4.69, 9.17) is 30.0 Å². The van der Waals surface area contributed by atoms with Gasteiger partial charge in [-0.05, 0) is 0 Å². The minimum atomic E-state index is -3.98. The third-order valence-corrected chi connectivity index (χ3v) is 11.5. The number of aliphatic imine (C=N–C) groups is 3. The van der Waals surface area contributed by atoms with Gasteiger partial charge in [-0.2, -0.15) is 0 Å². The maximum atomic E-state index is 13.6. The summed E-state index contributed by atoms with van der Waals surface area (Å²) in [7, 11) is 0. The number of aliphatic hydroxyl groups is 2. The molecule has 238 valence electrons. The Labute approximate surface area is 259 Å². The molecule has 7 heterocycles. The molecule has 7 rings (SSSR count). The van der Waals surface area contributed by atoms with Gasteiger partial charge in [-0.15, -0.1) is 0 Å². The second-order valence-electron chi connectivity index (χ2n) is 10.5. The van der Waals surface area contributed by atoms with Gasteiger partial charge < -0.3 is 45.1 Å². The Kier molecular flexibility index (Phi) is 7.79. The molecular weight excluding hydrogens is 662 g/mol. The van der Waals surface area contributed by atoms with E-state index in [2.05, 4.69) is 64.6 Å². The first-order valence-corrected chi connectivity index (χ1v) is 18.7. The zero-order valence-corrected chi connectivity index (χ0v) is 25.9. The van der Waals surface area contributed by atoms with Gasteiger partial charge in [0.25, 0.3) is 0 Å². The number of hydrogen-bond donors (Lipinski definition) is 8. The number of nitrogens with zero attached hydrogens (tertiary/aromatic N) is 8. The zero-order chi connectivity index (χ0) is 31.0. The largest absolute Gasteiger partial charge is 0.387 e. The summed E-state index contributed by atoms with van der Waals surface area (Å²) in [6.07, 6.45) is -2.24. The SMILES string of the molecule is NC1=NC=NC2C1N=CN2[C@@H]1O[C@@H]2COP(=O)(S)N[C@H]3[C@@H](O)[C@H](n4cnc5c(N)ncnc54)O[C@@H]3COP(=O)(S)N[C@H]2[C@H]1O. The van der Waals surface area contributed by atoms with Gasteiger partial charge in [0.05, 0.1) is 38.0 Å². The van der Waals surface area contributed by atoms with E-state index in [1.165, 1.54) is 29.9 Å². The molecule has 2 aromatic heterocycles. The lowest BCUT2D eigenvalue weighted by molar-refractivity contribution is -0.0750. The second-order valence-corrected chi connectivity index (χ2v) is 16.8. The molecule has 0 amide bonds. The molecule has 0 spiro atoms. The van der Waals surface area contributed by atoms with E-state index < -0.39 is 87.8 Å². The molecule has 4 unspecified atom stereocenters. The molecule has 0 saturated carbocycles. The van der Waals surface area contributed by atoms with E-state index in [1.54, 1.807) is 4.90 Å². The highest BCUT2D eigenvalue weighted by Gasteiger charge is 2.54. The standard InChI is InChI=1S/C20H28N12O8P2S2/c21-15-11-17(25-3-23-15)31(5-27-11)19-13(33)9-7(39-19)1-37-41(35,43)30-10-8(2-38-42(36,44)29-9)40-20(14(10)34)32-6-28-12-16(22)24-4-26-18(12)32/h3-11,13-14,17,19-20,33-34H,1-2H2,(H2,21,23,25)(H2,22,24,26)(H2,29,36,44)(H2,30,35,43)/t7-,8-,9-,10-,11?,13-,14-,17?,19-,20-,41?,42?/m1/s1. The Morgan fingerprint density at radius 2 is 1.57 bits per heavy atom. The van der Waals surface area contributed by atoms with Crippen LogP contribution in [-0.2, 0) is 27.7 Å². The van der Waals surface area contributed by atoms with Crippen LogP contribution in [0.3, 0.4) is 0 Å². The highest BCUT2D eigenvalue weighted by molar-refractivity contribution is 8.45. The number of thiol groups is 2. The van der Waals surface area contributed by atoms with Crippen molar-refractivity contribution in [3.8, 4) is 0 Å². The van der Waals surface area contributed by atoms with Gasteiger partial charge in [0, 0.05) is 0 Å². The van der Waals surface area contributed by atoms with Crippen molar-refractivity contribution in [1.82, 2.24) is 34.6 Å². The first-order valence-electron chi connectivity index (χ1n) is 13.2. The predicted molar refractivity (Wildman–Crippen MR) is 161 cm³/mol. The lowest BCUT2D eigenvalue weighted by Crippen LogP contribution is -2.52. The first kappa shape index (κ1) is 30.5. The molecule has 2 aromatic rings. The van der Waals surface area contributed by atoms with E-state index in [0.29, 0.717) is 0 Å². The summed E-state index contributed by atoms with van der Waals surface area (Å²) in [6, 6.07) is -2.75. The summed E-state index contributed by atoms with van der Waals surface area (Å²) in [5.74, 6) is 0.373. The van der Waals surface area contributed by atoms with Crippen molar-refractivity contribution in [1.29, 1.82) is 0 Å². The van der Waals surface area contributed by atoms with Crippen LogP contribution in [-0.4, -0.2) is 121 Å². The summed E-state index contributed by atoms with van der Waals surface area (Å²) in [5, 5.41) is 28.1. The van der Waals surface area contributed by atoms with E-state index in [1.807, 2.05) is 0 Å². The first-order chi connectivity index (χ1) is 20.9. The second kappa shape index (κ2) is 11.2. The quantitative estimate of drug-likeness (QED) is 0.128. The van der Waals surface area contributed by atoms with E-state index in [9.17, 15) is 19.3 Å². The molecule has 8 N–H and O–H groups in total. The van der Waals surface area contributed by atoms with Gasteiger partial charge in [-0.25, -0.2) is 35.1 Å². The fourth-order valence-corrected chi connectivity index (χ4v) is 9.17. The Morgan fingerprint density at radius 3 is 2.25 bits per heavy atom. The zero-order valence-electron chi connectivity index (χ0n) is 22.4. The van der Waals surface area contributed by atoms with Crippen molar-refractivity contribution < 1.29 is 37.9 Å². The molecule has 3 saturated heterocycles. The summed E-state index contributed by atoms with van der Waals surface area (Å²) < 4.78 is 52.0. The summed E-state index contributed by atoms with van der Waals surface area (Å²) in [5.41, 5.74) is 12.4. The van der Waals surface area contributed by atoms with Gasteiger partial charge in [0.15, 0.2) is 30.1 Å². The molecular formula is C20H28N12O8P2S2. The van der Waals surface area contributed by atoms with Crippen molar-refractivity contribution in [3.05, 3.63) is 12.7 Å². The third kappa shape index (κ3) is 5.35. The summed E-state index contributed by atoms with van der Waals surface area (Å²) >= 11 is 8.44. The van der Waals surface area contributed by atoms with Gasteiger partial charge in [-0.1, -0.05) is 24.5 Å². The van der Waals surface area contributed by atoms with Crippen molar-refractivity contribution in [2.24, 2.45) is 20.7 Å². The highest BCUT2D eigenvalue weighted by Crippen LogP contribution is 2.54.